The molecule has 0 aliphatic rings. The molecule has 6 nitrogen and oxygen atoms in total. The van der Waals surface area contributed by atoms with Crippen LogP contribution in [0.4, 0.5) is 17.3 Å². The highest BCUT2D eigenvalue weighted by atomic mass is 15.2. The Hall–Kier alpha value is -2.63. The minimum Gasteiger partial charge on any atom is -0.373 e. The van der Waals surface area contributed by atoms with Gasteiger partial charge in [-0.3, -0.25) is 0 Å². The van der Waals surface area contributed by atoms with Crippen LogP contribution in [0.3, 0.4) is 0 Å². The molecular formula is C16H20N6. The number of nitrogens with one attached hydrogen (secondary N) is 1. The third-order valence-electron chi connectivity index (χ3n) is 3.91. The van der Waals surface area contributed by atoms with E-state index in [9.17, 15) is 0 Å². The lowest BCUT2D eigenvalue weighted by Gasteiger charge is -2.21. The van der Waals surface area contributed by atoms with E-state index in [2.05, 4.69) is 38.2 Å². The van der Waals surface area contributed by atoms with Gasteiger partial charge in [-0.05, 0) is 18.1 Å². The number of rotatable bonds is 4. The zero-order valence-corrected chi connectivity index (χ0v) is 13.3. The molecule has 6 heteroatoms. The van der Waals surface area contributed by atoms with Crippen molar-refractivity contribution in [3.8, 4) is 0 Å². The zero-order chi connectivity index (χ0) is 15.7. The van der Waals surface area contributed by atoms with Crippen molar-refractivity contribution >= 4 is 28.4 Å². The number of aromatic nitrogens is 4. The number of hydrogen-bond donors (Lipinski definition) is 1. The van der Waals surface area contributed by atoms with Gasteiger partial charge in [-0.15, -0.1) is 0 Å². The van der Waals surface area contributed by atoms with Crippen molar-refractivity contribution in [3.63, 3.8) is 0 Å². The van der Waals surface area contributed by atoms with Crippen LogP contribution in [-0.4, -0.2) is 33.6 Å². The molecule has 0 spiro atoms. The minimum atomic E-state index is 0.879. The smallest absolute Gasteiger partial charge is 0.134 e. The molecule has 0 atom stereocenters. The van der Waals surface area contributed by atoms with E-state index in [0.717, 1.165) is 34.8 Å². The molecule has 0 amide bonds. The number of nitrogens with zero attached hydrogens (tertiary/aromatic N) is 5. The van der Waals surface area contributed by atoms with E-state index in [1.54, 1.807) is 6.33 Å². The largest absolute Gasteiger partial charge is 0.373 e. The van der Waals surface area contributed by atoms with Crippen molar-refractivity contribution in [2.24, 2.45) is 7.05 Å². The first kappa shape index (κ1) is 14.3. The highest BCUT2D eigenvalue weighted by molar-refractivity contribution is 5.79. The van der Waals surface area contributed by atoms with E-state index in [1.807, 2.05) is 44.2 Å². The maximum absolute atomic E-state index is 4.52. The normalized spacial score (nSPS) is 10.9. The average Bonchev–Trinajstić information content (AvgIpc) is 2.94. The summed E-state index contributed by atoms with van der Waals surface area (Å²) in [5.74, 6) is 1.76. The number of fused-ring (bicyclic) bond motifs is 1. The molecule has 0 aromatic carbocycles. The highest BCUT2D eigenvalue weighted by Crippen LogP contribution is 2.28. The van der Waals surface area contributed by atoms with Crippen molar-refractivity contribution in [1.82, 2.24) is 19.5 Å². The van der Waals surface area contributed by atoms with E-state index >= 15 is 0 Å². The lowest BCUT2D eigenvalue weighted by molar-refractivity contribution is 0.946. The predicted molar refractivity (Wildman–Crippen MR) is 89.7 cm³/mol. The number of hydrogen-bond acceptors (Lipinski definition) is 5. The third kappa shape index (κ3) is 2.36. The molecule has 3 rings (SSSR count). The van der Waals surface area contributed by atoms with Gasteiger partial charge in [-0.2, -0.15) is 0 Å². The van der Waals surface area contributed by atoms with Crippen LogP contribution in [0.1, 0.15) is 12.5 Å². The summed E-state index contributed by atoms with van der Waals surface area (Å²) in [5, 5.41) is 3.08. The molecule has 3 aromatic heterocycles. The zero-order valence-electron chi connectivity index (χ0n) is 13.3. The maximum atomic E-state index is 4.52. The first-order chi connectivity index (χ1) is 10.6. The van der Waals surface area contributed by atoms with Gasteiger partial charge in [-0.1, -0.05) is 6.92 Å². The fourth-order valence-corrected chi connectivity index (χ4v) is 2.54. The van der Waals surface area contributed by atoms with Crippen LogP contribution >= 0.6 is 0 Å². The van der Waals surface area contributed by atoms with Gasteiger partial charge >= 0.3 is 0 Å². The SMILES string of the molecule is CCc1cc(NC)ncc1N(C)c1cc2c(cn1)ncn2C. The molecule has 0 saturated heterocycles. The van der Waals surface area contributed by atoms with Gasteiger partial charge in [0.05, 0.1) is 29.9 Å². The Balaban J connectivity index is 2.04. The Kier molecular flexibility index (Phi) is 3.66. The summed E-state index contributed by atoms with van der Waals surface area (Å²) in [7, 11) is 5.88. The monoisotopic (exact) mass is 296 g/mol. The molecule has 22 heavy (non-hydrogen) atoms. The van der Waals surface area contributed by atoms with E-state index in [-0.39, 0.29) is 0 Å². The Bertz CT molecular complexity index is 808. The Morgan fingerprint density at radius 1 is 1.18 bits per heavy atom. The molecule has 0 bridgehead atoms. The molecule has 1 N–H and O–H groups in total. The van der Waals surface area contributed by atoms with Crippen LogP contribution in [0.15, 0.2) is 30.9 Å². The lowest BCUT2D eigenvalue weighted by atomic mass is 10.1. The van der Waals surface area contributed by atoms with Crippen molar-refractivity contribution in [1.29, 1.82) is 0 Å². The molecule has 0 aliphatic carbocycles. The van der Waals surface area contributed by atoms with Gasteiger partial charge in [0.15, 0.2) is 0 Å². The summed E-state index contributed by atoms with van der Waals surface area (Å²) in [6.45, 7) is 2.14. The molecule has 0 aliphatic heterocycles. The van der Waals surface area contributed by atoms with Crippen LogP contribution in [0.2, 0.25) is 0 Å². The van der Waals surface area contributed by atoms with Gasteiger partial charge in [0.25, 0.3) is 0 Å². The van der Waals surface area contributed by atoms with Crippen LogP contribution in [-0.2, 0) is 13.5 Å². The van der Waals surface area contributed by atoms with Gasteiger partial charge in [0.1, 0.15) is 17.2 Å². The van der Waals surface area contributed by atoms with Crippen molar-refractivity contribution in [3.05, 3.63) is 36.4 Å². The Morgan fingerprint density at radius 3 is 2.73 bits per heavy atom. The average molecular weight is 296 g/mol. The first-order valence-corrected chi connectivity index (χ1v) is 7.31. The van der Waals surface area contributed by atoms with E-state index < -0.39 is 0 Å². The summed E-state index contributed by atoms with van der Waals surface area (Å²) in [5.41, 5.74) is 4.26. The van der Waals surface area contributed by atoms with Gasteiger partial charge in [-0.25, -0.2) is 15.0 Å². The van der Waals surface area contributed by atoms with E-state index in [4.69, 9.17) is 0 Å². The summed E-state index contributed by atoms with van der Waals surface area (Å²) in [6.07, 6.45) is 6.43. The van der Waals surface area contributed by atoms with Crippen molar-refractivity contribution < 1.29 is 0 Å². The molecule has 0 unspecified atom stereocenters. The van der Waals surface area contributed by atoms with E-state index in [0.29, 0.717) is 0 Å². The molecular weight excluding hydrogens is 276 g/mol. The lowest BCUT2D eigenvalue weighted by Crippen LogP contribution is -2.14. The fourth-order valence-electron chi connectivity index (χ4n) is 2.54. The van der Waals surface area contributed by atoms with Crippen LogP contribution in [0.25, 0.3) is 11.0 Å². The van der Waals surface area contributed by atoms with Crippen molar-refractivity contribution in [2.45, 2.75) is 13.3 Å². The molecule has 0 fully saturated rings. The fraction of sp³-hybridized carbons (Fsp3) is 0.312. The first-order valence-electron chi connectivity index (χ1n) is 7.31. The predicted octanol–water partition coefficient (Wildman–Crippen LogP) is 2.74. The Morgan fingerprint density at radius 2 is 2.00 bits per heavy atom. The quantitative estimate of drug-likeness (QED) is 0.802. The number of aryl methyl sites for hydroxylation is 2. The topological polar surface area (TPSA) is 58.9 Å². The second kappa shape index (κ2) is 5.63. The number of anilines is 3. The molecule has 3 aromatic rings. The van der Waals surface area contributed by atoms with Crippen LogP contribution in [0, 0.1) is 0 Å². The van der Waals surface area contributed by atoms with Gasteiger partial charge in [0.2, 0.25) is 0 Å². The maximum Gasteiger partial charge on any atom is 0.134 e. The summed E-state index contributed by atoms with van der Waals surface area (Å²) in [4.78, 5) is 15.3. The second-order valence-electron chi connectivity index (χ2n) is 5.25. The molecule has 0 radical (unpaired) electrons. The number of pyridine rings is 2. The number of imidazole rings is 1. The van der Waals surface area contributed by atoms with Gasteiger partial charge in [0, 0.05) is 27.2 Å². The van der Waals surface area contributed by atoms with Gasteiger partial charge < -0.3 is 14.8 Å². The summed E-state index contributed by atoms with van der Waals surface area (Å²) in [6, 6.07) is 4.13. The third-order valence-corrected chi connectivity index (χ3v) is 3.91. The molecule has 0 saturated carbocycles. The summed E-state index contributed by atoms with van der Waals surface area (Å²) >= 11 is 0. The Labute approximate surface area is 129 Å². The standard InChI is InChI=1S/C16H20N6/c1-5-11-6-15(17-2)18-9-14(11)22(4)16-7-13-12(8-19-16)20-10-21(13)3/h6-10H,5H2,1-4H3,(H,17,18). The van der Waals surface area contributed by atoms with Crippen LogP contribution < -0.4 is 10.2 Å². The second-order valence-corrected chi connectivity index (χ2v) is 5.25. The molecule has 3 heterocycles. The highest BCUT2D eigenvalue weighted by Gasteiger charge is 2.12. The summed E-state index contributed by atoms with van der Waals surface area (Å²) < 4.78 is 2.00. The minimum absolute atomic E-state index is 0.879. The van der Waals surface area contributed by atoms with E-state index in [1.165, 1.54) is 5.56 Å². The molecule has 114 valence electrons. The van der Waals surface area contributed by atoms with Crippen molar-refractivity contribution in [2.75, 3.05) is 24.3 Å². The van der Waals surface area contributed by atoms with Crippen LogP contribution in [0.5, 0.6) is 0 Å².